The van der Waals surface area contributed by atoms with Crippen molar-refractivity contribution in [3.63, 3.8) is 0 Å². The van der Waals surface area contributed by atoms with Gasteiger partial charge in [0.25, 0.3) is 0 Å². The summed E-state index contributed by atoms with van der Waals surface area (Å²) in [6.45, 7) is 2.78. The topological polar surface area (TPSA) is 46.5 Å². The molecule has 0 unspecified atom stereocenters. The van der Waals surface area contributed by atoms with Gasteiger partial charge < -0.3 is 9.84 Å². The molecule has 0 amide bonds. The molecule has 0 bridgehead atoms. The van der Waals surface area contributed by atoms with Crippen molar-refractivity contribution in [2.24, 2.45) is 0 Å². The van der Waals surface area contributed by atoms with Crippen LogP contribution in [0.15, 0.2) is 18.2 Å². The Bertz CT molecular complexity index is 321. The molecule has 0 fully saturated rings. The summed E-state index contributed by atoms with van der Waals surface area (Å²) in [5.74, 6) is 0.576. The second kappa shape index (κ2) is 6.06. The molecule has 0 aliphatic carbocycles. The van der Waals surface area contributed by atoms with Crippen molar-refractivity contribution in [3.05, 3.63) is 23.8 Å². The molecule has 0 saturated heterocycles. The smallest absolute Gasteiger partial charge is 0.153 e. The van der Waals surface area contributed by atoms with E-state index in [0.717, 1.165) is 19.3 Å². The lowest BCUT2D eigenvalue weighted by atomic mass is 10.2. The number of phenols is 1. The van der Waals surface area contributed by atoms with Crippen LogP contribution < -0.4 is 4.74 Å². The molecular formula is C12H16O3. The van der Waals surface area contributed by atoms with Crippen molar-refractivity contribution >= 4 is 6.29 Å². The van der Waals surface area contributed by atoms with Crippen molar-refractivity contribution < 1.29 is 14.6 Å². The molecule has 1 aromatic carbocycles. The van der Waals surface area contributed by atoms with Crippen molar-refractivity contribution in [2.45, 2.75) is 26.2 Å². The van der Waals surface area contributed by atoms with Crippen LogP contribution in [0.25, 0.3) is 0 Å². The lowest BCUT2D eigenvalue weighted by Gasteiger charge is -2.06. The highest BCUT2D eigenvalue weighted by molar-refractivity contribution is 5.79. The van der Waals surface area contributed by atoms with Crippen molar-refractivity contribution in [1.29, 1.82) is 0 Å². The first-order chi connectivity index (χ1) is 7.27. The molecule has 0 heterocycles. The SMILES string of the molecule is CCCCCOc1ccc(C=O)c(O)c1. The highest BCUT2D eigenvalue weighted by Crippen LogP contribution is 2.22. The van der Waals surface area contributed by atoms with Crippen LogP contribution >= 0.6 is 0 Å². The van der Waals surface area contributed by atoms with Crippen molar-refractivity contribution in [2.75, 3.05) is 6.61 Å². The molecule has 1 rings (SSSR count). The normalized spacial score (nSPS) is 9.93. The fourth-order valence-electron chi connectivity index (χ4n) is 1.26. The van der Waals surface area contributed by atoms with Gasteiger partial charge in [0.05, 0.1) is 12.2 Å². The summed E-state index contributed by atoms with van der Waals surface area (Å²) in [5, 5.41) is 9.38. The number of rotatable bonds is 6. The number of carbonyl (C=O) groups is 1. The number of aromatic hydroxyl groups is 1. The molecule has 0 radical (unpaired) electrons. The number of hydrogen-bond acceptors (Lipinski definition) is 3. The summed E-state index contributed by atoms with van der Waals surface area (Å²) < 4.78 is 5.41. The van der Waals surface area contributed by atoms with E-state index in [4.69, 9.17) is 4.74 Å². The first kappa shape index (κ1) is 11.6. The molecule has 0 spiro atoms. The second-order valence-electron chi connectivity index (χ2n) is 3.39. The van der Waals surface area contributed by atoms with Gasteiger partial charge in [0.15, 0.2) is 6.29 Å². The van der Waals surface area contributed by atoms with Gasteiger partial charge in [-0.3, -0.25) is 4.79 Å². The maximum absolute atomic E-state index is 10.4. The molecule has 3 nitrogen and oxygen atoms in total. The maximum Gasteiger partial charge on any atom is 0.153 e. The lowest BCUT2D eigenvalue weighted by molar-refractivity contribution is 0.112. The van der Waals surface area contributed by atoms with E-state index >= 15 is 0 Å². The molecule has 0 atom stereocenters. The van der Waals surface area contributed by atoms with Crippen molar-refractivity contribution in [1.82, 2.24) is 0 Å². The van der Waals surface area contributed by atoms with E-state index in [1.54, 1.807) is 12.1 Å². The number of carbonyl (C=O) groups excluding carboxylic acids is 1. The largest absolute Gasteiger partial charge is 0.507 e. The fraction of sp³-hybridized carbons (Fsp3) is 0.417. The van der Waals surface area contributed by atoms with E-state index in [1.807, 2.05) is 0 Å². The standard InChI is InChI=1S/C12H16O3/c1-2-3-4-7-15-11-6-5-10(9-13)12(14)8-11/h5-6,8-9,14H,2-4,7H2,1H3. The summed E-state index contributed by atoms with van der Waals surface area (Å²) >= 11 is 0. The second-order valence-corrected chi connectivity index (χ2v) is 3.39. The van der Waals surface area contributed by atoms with Crippen LogP contribution in [0, 0.1) is 0 Å². The Hall–Kier alpha value is -1.51. The highest BCUT2D eigenvalue weighted by atomic mass is 16.5. The third-order valence-electron chi connectivity index (χ3n) is 2.15. The molecule has 1 aromatic rings. The molecular weight excluding hydrogens is 192 g/mol. The Morgan fingerprint density at radius 3 is 2.80 bits per heavy atom. The number of ether oxygens (including phenoxy) is 1. The minimum atomic E-state index is -0.0296. The van der Waals surface area contributed by atoms with E-state index in [0.29, 0.717) is 18.6 Å². The molecule has 0 aromatic heterocycles. The molecule has 0 saturated carbocycles. The molecule has 3 heteroatoms. The average Bonchev–Trinajstić information content (AvgIpc) is 2.25. The summed E-state index contributed by atoms with van der Waals surface area (Å²) in [6, 6.07) is 4.71. The Balaban J connectivity index is 2.48. The summed E-state index contributed by atoms with van der Waals surface area (Å²) in [7, 11) is 0. The zero-order chi connectivity index (χ0) is 11.1. The third kappa shape index (κ3) is 3.62. The van der Waals surface area contributed by atoms with E-state index in [-0.39, 0.29) is 11.3 Å². The monoisotopic (exact) mass is 208 g/mol. The van der Waals surface area contributed by atoms with Gasteiger partial charge in [0.1, 0.15) is 11.5 Å². The minimum absolute atomic E-state index is 0.0296. The molecule has 1 N–H and O–H groups in total. The summed E-state index contributed by atoms with van der Waals surface area (Å²) in [5.41, 5.74) is 0.288. The van der Waals surface area contributed by atoms with Gasteiger partial charge in [-0.25, -0.2) is 0 Å². The number of phenolic OH excluding ortho intramolecular Hbond substituents is 1. The number of benzene rings is 1. The van der Waals surface area contributed by atoms with Gasteiger partial charge in [0.2, 0.25) is 0 Å². The lowest BCUT2D eigenvalue weighted by Crippen LogP contribution is -1.97. The fourth-order valence-corrected chi connectivity index (χ4v) is 1.26. The average molecular weight is 208 g/mol. The Kier molecular flexibility index (Phi) is 4.68. The first-order valence-corrected chi connectivity index (χ1v) is 5.19. The zero-order valence-electron chi connectivity index (χ0n) is 8.90. The van der Waals surface area contributed by atoms with Gasteiger partial charge in [-0.2, -0.15) is 0 Å². The van der Waals surface area contributed by atoms with E-state index in [1.165, 1.54) is 6.07 Å². The van der Waals surface area contributed by atoms with Gasteiger partial charge in [0, 0.05) is 6.07 Å². The maximum atomic E-state index is 10.4. The van der Waals surface area contributed by atoms with Crippen LogP contribution in [0.2, 0.25) is 0 Å². The van der Waals surface area contributed by atoms with Crippen LogP contribution in [0.3, 0.4) is 0 Å². The summed E-state index contributed by atoms with van der Waals surface area (Å²) in [6.07, 6.45) is 3.92. The van der Waals surface area contributed by atoms with E-state index < -0.39 is 0 Å². The number of unbranched alkanes of at least 4 members (excludes halogenated alkanes) is 2. The summed E-state index contributed by atoms with van der Waals surface area (Å²) in [4.78, 5) is 10.4. The van der Waals surface area contributed by atoms with Crippen molar-refractivity contribution in [3.8, 4) is 11.5 Å². The quantitative estimate of drug-likeness (QED) is 0.577. The van der Waals surface area contributed by atoms with E-state index in [2.05, 4.69) is 6.92 Å². The van der Waals surface area contributed by atoms with Gasteiger partial charge >= 0.3 is 0 Å². The van der Waals surface area contributed by atoms with Gasteiger partial charge in [-0.15, -0.1) is 0 Å². The van der Waals surface area contributed by atoms with Gasteiger partial charge in [-0.05, 0) is 18.6 Å². The predicted octanol–water partition coefficient (Wildman–Crippen LogP) is 2.77. The molecule has 0 aliphatic rings. The highest BCUT2D eigenvalue weighted by Gasteiger charge is 2.01. The molecule has 82 valence electrons. The number of aldehydes is 1. The Morgan fingerprint density at radius 1 is 1.40 bits per heavy atom. The molecule has 15 heavy (non-hydrogen) atoms. The first-order valence-electron chi connectivity index (χ1n) is 5.19. The zero-order valence-corrected chi connectivity index (χ0v) is 8.90. The minimum Gasteiger partial charge on any atom is -0.507 e. The van der Waals surface area contributed by atoms with E-state index in [9.17, 15) is 9.90 Å². The predicted molar refractivity (Wildman–Crippen MR) is 58.5 cm³/mol. The third-order valence-corrected chi connectivity index (χ3v) is 2.15. The molecule has 0 aliphatic heterocycles. The number of hydrogen-bond donors (Lipinski definition) is 1. The van der Waals surface area contributed by atoms with Crippen LogP contribution in [-0.4, -0.2) is 18.0 Å². The Morgan fingerprint density at radius 2 is 2.20 bits per heavy atom. The van der Waals surface area contributed by atoms with Gasteiger partial charge in [-0.1, -0.05) is 19.8 Å². The van der Waals surface area contributed by atoms with Crippen LogP contribution in [-0.2, 0) is 0 Å². The van der Waals surface area contributed by atoms with Crippen LogP contribution in [0.5, 0.6) is 11.5 Å². The Labute approximate surface area is 89.7 Å². The van der Waals surface area contributed by atoms with Crippen LogP contribution in [0.4, 0.5) is 0 Å². The van der Waals surface area contributed by atoms with Crippen LogP contribution in [0.1, 0.15) is 36.5 Å².